The first kappa shape index (κ1) is 23.5. The molecule has 2 atom stereocenters. The molecule has 1 aliphatic heterocycles. The van der Waals surface area contributed by atoms with Gasteiger partial charge in [-0.05, 0) is 43.5 Å². The summed E-state index contributed by atoms with van der Waals surface area (Å²) in [5.41, 5.74) is 3.50. The number of likely N-dealkylation sites (N-methyl/N-ethyl adjacent to an activating group) is 1. The fourth-order valence-corrected chi connectivity index (χ4v) is 4.61. The molecular weight excluding hydrogens is 410 g/mol. The van der Waals surface area contributed by atoms with Crippen molar-refractivity contribution in [2.75, 3.05) is 44.7 Å². The predicted molar refractivity (Wildman–Crippen MR) is 127 cm³/mol. The summed E-state index contributed by atoms with van der Waals surface area (Å²) in [7, 11) is 1.88. The van der Waals surface area contributed by atoms with Crippen LogP contribution >= 0.6 is 11.6 Å². The van der Waals surface area contributed by atoms with E-state index in [4.69, 9.17) is 11.6 Å². The van der Waals surface area contributed by atoms with Crippen molar-refractivity contribution < 1.29 is 4.79 Å². The molecule has 6 nitrogen and oxygen atoms in total. The Hall–Kier alpha value is -2.18. The Labute approximate surface area is 191 Å². The number of piperazine rings is 1. The van der Waals surface area contributed by atoms with Gasteiger partial charge < -0.3 is 15.1 Å². The first-order valence-electron chi connectivity index (χ1n) is 11.4. The maximum Gasteiger partial charge on any atom is 0.231 e. The molecule has 2 aliphatic rings. The second-order valence-electron chi connectivity index (χ2n) is 7.97. The molecule has 0 saturated carbocycles. The molecular formula is C24H34ClN5O. The summed E-state index contributed by atoms with van der Waals surface area (Å²) < 4.78 is 0. The van der Waals surface area contributed by atoms with Gasteiger partial charge in [-0.1, -0.05) is 44.5 Å². The average Bonchev–Trinajstić information content (AvgIpc) is 3.20. The van der Waals surface area contributed by atoms with Gasteiger partial charge in [-0.25, -0.2) is 9.97 Å². The third-order valence-electron chi connectivity index (χ3n) is 6.12. The summed E-state index contributed by atoms with van der Waals surface area (Å²) in [4.78, 5) is 26.6. The number of hydrogen-bond donors (Lipinski definition) is 1. The van der Waals surface area contributed by atoms with E-state index < -0.39 is 0 Å². The Kier molecular flexibility index (Phi) is 8.27. The molecule has 1 amide bonds. The van der Waals surface area contributed by atoms with E-state index in [9.17, 15) is 4.79 Å². The second kappa shape index (κ2) is 10.9. The lowest BCUT2D eigenvalue weighted by Gasteiger charge is -2.38. The van der Waals surface area contributed by atoms with Crippen LogP contribution in [-0.2, 0) is 11.2 Å². The van der Waals surface area contributed by atoms with Crippen LogP contribution in [0.1, 0.15) is 55.8 Å². The largest absolute Gasteiger partial charge is 0.353 e. The number of carbonyl (C=O) groups excluding carboxylic acids is 1. The number of rotatable bonds is 5. The van der Waals surface area contributed by atoms with E-state index in [0.717, 1.165) is 37.3 Å². The summed E-state index contributed by atoms with van der Waals surface area (Å²) in [6.07, 6.45) is 3.87. The van der Waals surface area contributed by atoms with E-state index in [1.807, 2.05) is 50.1 Å². The monoisotopic (exact) mass is 443 g/mol. The van der Waals surface area contributed by atoms with Crippen LogP contribution in [0.4, 0.5) is 5.82 Å². The normalized spacial score (nSPS) is 18.8. The fourth-order valence-electron chi connectivity index (χ4n) is 4.48. The minimum Gasteiger partial charge on any atom is -0.353 e. The van der Waals surface area contributed by atoms with Gasteiger partial charge in [0.1, 0.15) is 12.1 Å². The van der Waals surface area contributed by atoms with Crippen LogP contribution in [0.3, 0.4) is 0 Å². The molecule has 2 aromatic rings. The maximum atomic E-state index is 13.3. The molecule has 0 radical (unpaired) electrons. The quantitative estimate of drug-likeness (QED) is 0.760. The molecule has 1 saturated heterocycles. The van der Waals surface area contributed by atoms with Crippen molar-refractivity contribution in [2.45, 2.75) is 45.4 Å². The number of carbonyl (C=O) groups is 1. The number of benzene rings is 1. The highest BCUT2D eigenvalue weighted by Crippen LogP contribution is 2.37. The highest BCUT2D eigenvalue weighted by Gasteiger charge is 2.31. The van der Waals surface area contributed by atoms with Gasteiger partial charge >= 0.3 is 0 Å². The highest BCUT2D eigenvalue weighted by molar-refractivity contribution is 6.30. The summed E-state index contributed by atoms with van der Waals surface area (Å²) in [6, 6.07) is 7.59. The first-order chi connectivity index (χ1) is 15.1. The summed E-state index contributed by atoms with van der Waals surface area (Å²) in [6.45, 7) is 9.88. The van der Waals surface area contributed by atoms with Crippen LogP contribution in [0.25, 0.3) is 0 Å². The molecule has 1 aromatic carbocycles. The minimum atomic E-state index is -0.202. The molecule has 7 heteroatoms. The van der Waals surface area contributed by atoms with Crippen molar-refractivity contribution in [1.29, 1.82) is 0 Å². The number of anilines is 1. The Morgan fingerprint density at radius 1 is 1.16 bits per heavy atom. The van der Waals surface area contributed by atoms with Gasteiger partial charge in [0.2, 0.25) is 5.91 Å². The van der Waals surface area contributed by atoms with Crippen LogP contribution in [0.5, 0.6) is 0 Å². The zero-order valence-corrected chi connectivity index (χ0v) is 19.8. The number of aromatic nitrogens is 2. The van der Waals surface area contributed by atoms with Gasteiger partial charge in [0.15, 0.2) is 0 Å². The summed E-state index contributed by atoms with van der Waals surface area (Å²) >= 11 is 6.02. The van der Waals surface area contributed by atoms with Crippen molar-refractivity contribution in [1.82, 2.24) is 20.2 Å². The molecule has 31 heavy (non-hydrogen) atoms. The van der Waals surface area contributed by atoms with Crippen LogP contribution < -0.4 is 10.2 Å². The second-order valence-corrected chi connectivity index (χ2v) is 8.41. The standard InChI is InChI=1S/C22H28ClN5O.C2H6/c1-15-3-8-19-20(15)21(26-14-25-19)27-9-11-28(12-10-27)22(29)18(13-24-2)16-4-6-17(23)7-5-16;1-2/h4-7,14-15,18,24H,3,8-13H2,1-2H3;1-2H3/t15-,18-;/m1./s1. The Balaban J connectivity index is 0.00000132. The van der Waals surface area contributed by atoms with E-state index >= 15 is 0 Å². The summed E-state index contributed by atoms with van der Waals surface area (Å²) in [5, 5.41) is 3.85. The molecule has 168 valence electrons. The third kappa shape index (κ3) is 5.18. The topological polar surface area (TPSA) is 61.4 Å². The van der Waals surface area contributed by atoms with Crippen molar-refractivity contribution >= 4 is 23.3 Å². The number of hydrogen-bond acceptors (Lipinski definition) is 5. The number of fused-ring (bicyclic) bond motifs is 1. The number of amides is 1. The SMILES string of the molecule is CC.CNC[C@@H](C(=O)N1CCN(c2ncnc3c2[C@H](C)CC3)CC1)c1ccc(Cl)cc1. The predicted octanol–water partition coefficient (Wildman–Crippen LogP) is 3.86. The molecule has 1 fully saturated rings. The number of halogens is 1. The van der Waals surface area contributed by atoms with Crippen molar-refractivity contribution in [3.05, 3.63) is 52.4 Å². The highest BCUT2D eigenvalue weighted by atomic mass is 35.5. The zero-order chi connectivity index (χ0) is 22.4. The van der Waals surface area contributed by atoms with E-state index in [2.05, 4.69) is 27.1 Å². The third-order valence-corrected chi connectivity index (χ3v) is 6.37. The molecule has 1 aliphatic carbocycles. The van der Waals surface area contributed by atoms with Crippen molar-refractivity contribution in [2.24, 2.45) is 0 Å². The maximum absolute atomic E-state index is 13.3. The molecule has 1 aromatic heterocycles. The van der Waals surface area contributed by atoms with Crippen LogP contribution in [0.2, 0.25) is 5.02 Å². The van der Waals surface area contributed by atoms with E-state index in [0.29, 0.717) is 30.6 Å². The Bertz CT molecular complexity index is 865. The lowest BCUT2D eigenvalue weighted by atomic mass is 9.97. The molecule has 0 unspecified atom stereocenters. The number of nitrogens with zero attached hydrogens (tertiary/aromatic N) is 4. The van der Waals surface area contributed by atoms with Gasteiger partial charge in [0.25, 0.3) is 0 Å². The lowest BCUT2D eigenvalue weighted by Crippen LogP contribution is -2.51. The van der Waals surface area contributed by atoms with E-state index in [1.54, 1.807) is 6.33 Å². The first-order valence-corrected chi connectivity index (χ1v) is 11.7. The van der Waals surface area contributed by atoms with Crippen LogP contribution in [0.15, 0.2) is 30.6 Å². The van der Waals surface area contributed by atoms with Gasteiger partial charge in [-0.15, -0.1) is 0 Å². The number of nitrogens with one attached hydrogen (secondary N) is 1. The molecule has 1 N–H and O–H groups in total. The molecule has 0 bridgehead atoms. The van der Waals surface area contributed by atoms with Crippen molar-refractivity contribution in [3.63, 3.8) is 0 Å². The smallest absolute Gasteiger partial charge is 0.231 e. The summed E-state index contributed by atoms with van der Waals surface area (Å²) in [5.74, 6) is 1.54. The fraction of sp³-hybridized carbons (Fsp3) is 0.542. The molecule has 4 rings (SSSR count). The minimum absolute atomic E-state index is 0.169. The van der Waals surface area contributed by atoms with Crippen LogP contribution in [0, 0.1) is 0 Å². The Morgan fingerprint density at radius 3 is 2.48 bits per heavy atom. The average molecular weight is 444 g/mol. The van der Waals surface area contributed by atoms with E-state index in [1.165, 1.54) is 11.3 Å². The van der Waals surface area contributed by atoms with Gasteiger partial charge in [0, 0.05) is 49.0 Å². The van der Waals surface area contributed by atoms with Gasteiger partial charge in [-0.3, -0.25) is 4.79 Å². The molecule has 2 heterocycles. The van der Waals surface area contributed by atoms with Gasteiger partial charge in [0.05, 0.1) is 5.92 Å². The number of aryl methyl sites for hydroxylation is 1. The van der Waals surface area contributed by atoms with E-state index in [-0.39, 0.29) is 11.8 Å². The lowest BCUT2D eigenvalue weighted by molar-refractivity contribution is -0.133. The van der Waals surface area contributed by atoms with Crippen molar-refractivity contribution in [3.8, 4) is 0 Å². The molecule has 0 spiro atoms. The van der Waals surface area contributed by atoms with Gasteiger partial charge in [-0.2, -0.15) is 0 Å². The van der Waals surface area contributed by atoms with Crippen LogP contribution in [-0.4, -0.2) is 60.5 Å². The zero-order valence-electron chi connectivity index (χ0n) is 19.1. The Morgan fingerprint density at radius 2 is 1.84 bits per heavy atom.